The molecular weight excluding hydrogens is 717 g/mol. The van der Waals surface area contributed by atoms with E-state index >= 15 is 0 Å². The summed E-state index contributed by atoms with van der Waals surface area (Å²) in [6, 6.07) is 19.2. The standard InChI is InChI=1S/C49H54N8O/c1-48(2)22-20-34-43(32-16-18-36(51-27-32)38-29-53-47(55-38)40-14-10-24-57(40)41(58)25-30-11-7-6-8-12-30)45-33(19-21-49(45,3)4)42(44(34)48)31-15-17-35(50-26-31)37-28-52-46(54-37)39-13-9-23-56(39)5/h6-8,11-12,15-18,26-29,39-40H,9-10,13-14,19-25H2,1-5H3,(H,52,54)(H,53,55)/t39-,40-/m0/s1. The van der Waals surface area contributed by atoms with Crippen LogP contribution in [0.5, 0.6) is 0 Å². The second kappa shape index (κ2) is 14.2. The number of benzene rings is 2. The number of hydrogen-bond donors (Lipinski definition) is 2. The minimum Gasteiger partial charge on any atom is -0.339 e. The largest absolute Gasteiger partial charge is 0.339 e. The summed E-state index contributed by atoms with van der Waals surface area (Å²) in [4.78, 5) is 44.6. The SMILES string of the molecule is CN1CCC[C@H]1c1ncc(-c2ccc(-c3c4c(c(-c5ccc(-c6cnc([C@@H]7CCCN7C(=O)Cc7ccccc7)[nH]6)nc5)c5c3C(C)(C)CC5)C(C)(C)CC4)cn2)[nH]1. The second-order valence-electron chi connectivity index (χ2n) is 18.5. The van der Waals surface area contributed by atoms with Gasteiger partial charge in [0.15, 0.2) is 0 Å². The van der Waals surface area contributed by atoms with E-state index in [1.807, 2.05) is 47.6 Å². The molecule has 0 radical (unpaired) electrons. The summed E-state index contributed by atoms with van der Waals surface area (Å²) >= 11 is 0. The quantitative estimate of drug-likeness (QED) is 0.160. The average molecular weight is 771 g/mol. The first kappa shape index (κ1) is 36.9. The van der Waals surface area contributed by atoms with Gasteiger partial charge in [-0.25, -0.2) is 9.97 Å². The molecular formula is C49H54N8O. The number of likely N-dealkylation sites (tertiary alicyclic amines) is 2. The van der Waals surface area contributed by atoms with Crippen LogP contribution in [0, 0.1) is 0 Å². The normalized spacial score (nSPS) is 20.8. The molecule has 2 saturated heterocycles. The van der Waals surface area contributed by atoms with Crippen LogP contribution < -0.4 is 0 Å². The van der Waals surface area contributed by atoms with E-state index < -0.39 is 0 Å². The lowest BCUT2D eigenvalue weighted by Crippen LogP contribution is -2.32. The Hall–Kier alpha value is -5.41. The molecule has 58 heavy (non-hydrogen) atoms. The molecule has 2 N–H and O–H groups in total. The van der Waals surface area contributed by atoms with Crippen molar-refractivity contribution < 1.29 is 4.79 Å². The third kappa shape index (κ3) is 6.29. The Morgan fingerprint density at radius 1 is 0.672 bits per heavy atom. The molecule has 296 valence electrons. The van der Waals surface area contributed by atoms with Crippen molar-refractivity contribution in [2.24, 2.45) is 0 Å². The number of carbonyl (C=O) groups excluding carboxylic acids is 1. The lowest BCUT2D eigenvalue weighted by atomic mass is 9.74. The molecule has 0 saturated carbocycles. The Labute approximate surface area is 341 Å². The Morgan fingerprint density at radius 2 is 1.21 bits per heavy atom. The number of rotatable bonds is 8. The average Bonchev–Trinajstić information content (AvgIpc) is 4.09. The molecule has 10 rings (SSSR count). The van der Waals surface area contributed by atoms with Gasteiger partial charge in [0.1, 0.15) is 11.6 Å². The number of pyridine rings is 2. The molecule has 0 spiro atoms. The van der Waals surface area contributed by atoms with Crippen LogP contribution in [0.15, 0.2) is 79.4 Å². The molecule has 2 fully saturated rings. The molecule has 2 atom stereocenters. The van der Waals surface area contributed by atoms with Gasteiger partial charge < -0.3 is 14.9 Å². The van der Waals surface area contributed by atoms with E-state index in [2.05, 4.69) is 86.3 Å². The van der Waals surface area contributed by atoms with Crippen molar-refractivity contribution in [3.8, 4) is 45.0 Å². The van der Waals surface area contributed by atoms with Crippen molar-refractivity contribution in [1.82, 2.24) is 39.7 Å². The van der Waals surface area contributed by atoms with Crippen molar-refractivity contribution in [1.29, 1.82) is 0 Å². The first-order chi connectivity index (χ1) is 28.1. The van der Waals surface area contributed by atoms with E-state index in [1.54, 1.807) is 0 Å². The number of H-pyrrole nitrogens is 2. The first-order valence-electron chi connectivity index (χ1n) is 21.4. The summed E-state index contributed by atoms with van der Waals surface area (Å²) < 4.78 is 0. The Balaban J connectivity index is 0.967. The number of amides is 1. The molecule has 0 unspecified atom stereocenters. The number of carbonyl (C=O) groups is 1. The lowest BCUT2D eigenvalue weighted by molar-refractivity contribution is -0.131. The molecule has 0 bridgehead atoms. The monoisotopic (exact) mass is 770 g/mol. The molecule has 6 heterocycles. The lowest BCUT2D eigenvalue weighted by Gasteiger charge is -2.30. The maximum Gasteiger partial charge on any atom is 0.227 e. The highest BCUT2D eigenvalue weighted by Gasteiger charge is 2.43. The van der Waals surface area contributed by atoms with Crippen LogP contribution >= 0.6 is 0 Å². The Bertz CT molecular complexity index is 2490. The number of aromatic amines is 2. The van der Waals surface area contributed by atoms with Crippen LogP contribution in [0.3, 0.4) is 0 Å². The second-order valence-corrected chi connectivity index (χ2v) is 18.5. The van der Waals surface area contributed by atoms with Crippen LogP contribution in [0.4, 0.5) is 0 Å². The van der Waals surface area contributed by atoms with E-state index in [9.17, 15) is 4.79 Å². The van der Waals surface area contributed by atoms with Gasteiger partial charge in [-0.15, -0.1) is 0 Å². The predicted octanol–water partition coefficient (Wildman–Crippen LogP) is 9.71. The maximum atomic E-state index is 13.4. The van der Waals surface area contributed by atoms with E-state index in [4.69, 9.17) is 19.9 Å². The Morgan fingerprint density at radius 3 is 1.72 bits per heavy atom. The van der Waals surface area contributed by atoms with Gasteiger partial charge in [0.25, 0.3) is 0 Å². The summed E-state index contributed by atoms with van der Waals surface area (Å²) in [7, 11) is 2.18. The maximum absolute atomic E-state index is 13.4. The fourth-order valence-electron chi connectivity index (χ4n) is 10.8. The zero-order valence-corrected chi connectivity index (χ0v) is 34.5. The zero-order valence-electron chi connectivity index (χ0n) is 34.5. The van der Waals surface area contributed by atoms with Crippen LogP contribution in [0.25, 0.3) is 45.0 Å². The van der Waals surface area contributed by atoms with Gasteiger partial charge in [0.2, 0.25) is 5.91 Å². The van der Waals surface area contributed by atoms with Crippen LogP contribution in [0.2, 0.25) is 0 Å². The predicted molar refractivity (Wildman–Crippen MR) is 229 cm³/mol. The minimum atomic E-state index is -0.0490. The van der Waals surface area contributed by atoms with Crippen molar-refractivity contribution in [2.75, 3.05) is 20.1 Å². The first-order valence-corrected chi connectivity index (χ1v) is 21.4. The van der Waals surface area contributed by atoms with Crippen LogP contribution in [-0.2, 0) is 34.9 Å². The fourth-order valence-corrected chi connectivity index (χ4v) is 10.8. The van der Waals surface area contributed by atoms with Gasteiger partial charge in [-0.05, 0) is 127 Å². The minimum absolute atomic E-state index is 0.0241. The van der Waals surface area contributed by atoms with Crippen molar-refractivity contribution in [2.45, 2.75) is 108 Å². The molecule has 4 aliphatic rings. The van der Waals surface area contributed by atoms with Crippen molar-refractivity contribution in [3.05, 3.63) is 119 Å². The number of fused-ring (bicyclic) bond motifs is 2. The number of nitrogens with one attached hydrogen (secondary N) is 2. The third-order valence-corrected chi connectivity index (χ3v) is 13.8. The van der Waals surface area contributed by atoms with Crippen LogP contribution in [0.1, 0.15) is 118 Å². The molecule has 2 aromatic carbocycles. The number of imidazole rings is 2. The molecule has 2 aliphatic carbocycles. The van der Waals surface area contributed by atoms with E-state index in [1.165, 1.54) is 50.9 Å². The highest BCUT2D eigenvalue weighted by atomic mass is 16.2. The summed E-state index contributed by atoms with van der Waals surface area (Å²) in [5.74, 6) is 2.02. The highest BCUT2D eigenvalue weighted by Crippen LogP contribution is 2.56. The number of hydrogen-bond acceptors (Lipinski definition) is 6. The summed E-state index contributed by atoms with van der Waals surface area (Å²) in [5.41, 5.74) is 15.8. The summed E-state index contributed by atoms with van der Waals surface area (Å²) in [5, 5.41) is 0. The van der Waals surface area contributed by atoms with Gasteiger partial charge in [-0.1, -0.05) is 70.2 Å². The smallest absolute Gasteiger partial charge is 0.227 e. The molecule has 9 heteroatoms. The fraction of sp³-hybridized carbons (Fsp3) is 0.408. The molecule has 6 aromatic rings. The van der Waals surface area contributed by atoms with E-state index in [0.29, 0.717) is 12.5 Å². The highest BCUT2D eigenvalue weighted by molar-refractivity contribution is 5.87. The molecule has 4 aromatic heterocycles. The number of aromatic nitrogens is 6. The van der Waals surface area contributed by atoms with Gasteiger partial charge in [0, 0.05) is 30.1 Å². The van der Waals surface area contributed by atoms with E-state index in [-0.39, 0.29) is 22.8 Å². The third-order valence-electron chi connectivity index (χ3n) is 13.8. The number of nitrogens with zero attached hydrogens (tertiary/aromatic N) is 6. The summed E-state index contributed by atoms with van der Waals surface area (Å²) in [6.07, 6.45) is 16.9. The molecule has 2 aliphatic heterocycles. The van der Waals surface area contributed by atoms with Crippen molar-refractivity contribution in [3.63, 3.8) is 0 Å². The van der Waals surface area contributed by atoms with Gasteiger partial charge >= 0.3 is 0 Å². The van der Waals surface area contributed by atoms with E-state index in [0.717, 1.165) is 98.0 Å². The molecule has 1 amide bonds. The van der Waals surface area contributed by atoms with Crippen LogP contribution in [-0.4, -0.2) is 65.7 Å². The van der Waals surface area contributed by atoms with Gasteiger partial charge in [0.05, 0.1) is 53.7 Å². The summed E-state index contributed by atoms with van der Waals surface area (Å²) in [6.45, 7) is 11.6. The van der Waals surface area contributed by atoms with Gasteiger partial charge in [-0.3, -0.25) is 19.7 Å². The Kier molecular flexibility index (Phi) is 9.00. The van der Waals surface area contributed by atoms with Crippen molar-refractivity contribution >= 4 is 5.91 Å². The van der Waals surface area contributed by atoms with Gasteiger partial charge in [-0.2, -0.15) is 0 Å². The topological polar surface area (TPSA) is 107 Å². The molecule has 9 nitrogen and oxygen atoms in total. The zero-order chi connectivity index (χ0) is 39.8.